The molecule has 1 amide bonds. The van der Waals surface area contributed by atoms with Crippen molar-refractivity contribution < 1.29 is 14.3 Å². The van der Waals surface area contributed by atoms with Crippen molar-refractivity contribution in [2.24, 2.45) is 7.05 Å². The summed E-state index contributed by atoms with van der Waals surface area (Å²) in [6.07, 6.45) is 1.02. The number of aromatic nitrogens is 4. The summed E-state index contributed by atoms with van der Waals surface area (Å²) in [5.41, 5.74) is 2.72. The summed E-state index contributed by atoms with van der Waals surface area (Å²) in [6, 6.07) is 14.9. The number of benzene rings is 1. The third kappa shape index (κ3) is 4.12. The molecule has 0 bridgehead atoms. The van der Waals surface area contributed by atoms with E-state index in [-0.39, 0.29) is 5.91 Å². The van der Waals surface area contributed by atoms with E-state index in [1.165, 1.54) is 9.25 Å². The number of hydrogen-bond donors (Lipinski definition) is 1. The summed E-state index contributed by atoms with van der Waals surface area (Å²) in [6.45, 7) is 7.43. The Kier molecular flexibility index (Phi) is 5.30. The second kappa shape index (κ2) is 7.96. The summed E-state index contributed by atoms with van der Waals surface area (Å²) in [7, 11) is 1.69. The van der Waals surface area contributed by atoms with E-state index in [0.29, 0.717) is 22.9 Å². The van der Waals surface area contributed by atoms with Gasteiger partial charge in [0.1, 0.15) is 17.1 Å². The Morgan fingerprint density at radius 2 is 1.81 bits per heavy atom. The number of pyridine rings is 1. The minimum absolute atomic E-state index is 0.322. The standard InChI is InChI=1S/C24H25N5O3/c1-15-8-6-7-9-17(15)19-14-16-10-11-20(27-22(30)18-12-13-25-28(18)5)26-21(16)29(19)23(31)32-24(2,3)4/h6-14H,1-5H3,(H,26,27,30). The number of aryl methyl sites for hydroxylation is 2. The third-order valence-electron chi connectivity index (χ3n) is 4.94. The van der Waals surface area contributed by atoms with Gasteiger partial charge in [-0.25, -0.2) is 14.3 Å². The number of carbonyl (C=O) groups excluding carboxylic acids is 2. The van der Waals surface area contributed by atoms with Crippen molar-refractivity contribution in [3.63, 3.8) is 0 Å². The van der Waals surface area contributed by atoms with E-state index in [1.807, 2.05) is 64.1 Å². The molecule has 1 N–H and O–H groups in total. The molecule has 32 heavy (non-hydrogen) atoms. The molecule has 0 radical (unpaired) electrons. The second-order valence-electron chi connectivity index (χ2n) is 8.56. The van der Waals surface area contributed by atoms with Gasteiger partial charge in [0.15, 0.2) is 5.65 Å². The van der Waals surface area contributed by atoms with E-state index in [9.17, 15) is 9.59 Å². The molecule has 164 valence electrons. The number of fused-ring (bicyclic) bond motifs is 1. The molecule has 0 saturated heterocycles. The number of carbonyl (C=O) groups is 2. The molecule has 3 heterocycles. The Morgan fingerprint density at radius 1 is 1.06 bits per heavy atom. The molecular formula is C24H25N5O3. The molecule has 0 atom stereocenters. The molecule has 0 unspecified atom stereocenters. The number of anilines is 1. The predicted molar refractivity (Wildman–Crippen MR) is 123 cm³/mol. The molecule has 4 aromatic rings. The molecule has 0 aliphatic carbocycles. The second-order valence-corrected chi connectivity index (χ2v) is 8.56. The lowest BCUT2D eigenvalue weighted by molar-refractivity contribution is 0.0546. The SMILES string of the molecule is Cc1ccccc1-c1cc2ccc(NC(=O)c3ccnn3C)nc2n1C(=O)OC(C)(C)C. The zero-order valence-electron chi connectivity index (χ0n) is 18.7. The van der Waals surface area contributed by atoms with Crippen LogP contribution in [0.1, 0.15) is 36.8 Å². The van der Waals surface area contributed by atoms with Gasteiger partial charge >= 0.3 is 6.09 Å². The van der Waals surface area contributed by atoms with Crippen LogP contribution in [0.5, 0.6) is 0 Å². The van der Waals surface area contributed by atoms with Crippen molar-refractivity contribution in [3.8, 4) is 11.3 Å². The van der Waals surface area contributed by atoms with Gasteiger partial charge in [-0.1, -0.05) is 24.3 Å². The van der Waals surface area contributed by atoms with Gasteiger partial charge in [0.2, 0.25) is 0 Å². The monoisotopic (exact) mass is 431 g/mol. The van der Waals surface area contributed by atoms with Crippen LogP contribution in [-0.2, 0) is 11.8 Å². The highest BCUT2D eigenvalue weighted by Crippen LogP contribution is 2.31. The fourth-order valence-electron chi connectivity index (χ4n) is 3.47. The zero-order chi connectivity index (χ0) is 23.0. The number of nitrogens with zero attached hydrogens (tertiary/aromatic N) is 4. The minimum Gasteiger partial charge on any atom is -0.443 e. The Labute approximate surface area is 185 Å². The first-order chi connectivity index (χ1) is 15.1. The molecule has 0 spiro atoms. The lowest BCUT2D eigenvalue weighted by Crippen LogP contribution is -2.27. The Hall–Kier alpha value is -3.94. The van der Waals surface area contributed by atoms with Gasteiger partial charge in [0.05, 0.1) is 5.69 Å². The average Bonchev–Trinajstić information content (AvgIpc) is 3.30. The maximum atomic E-state index is 13.2. The Morgan fingerprint density at radius 3 is 2.47 bits per heavy atom. The van der Waals surface area contributed by atoms with Gasteiger partial charge in [0, 0.05) is 24.2 Å². The third-order valence-corrected chi connectivity index (χ3v) is 4.94. The van der Waals surface area contributed by atoms with Crippen molar-refractivity contribution >= 4 is 28.9 Å². The fraction of sp³-hybridized carbons (Fsp3) is 0.250. The van der Waals surface area contributed by atoms with Gasteiger partial charge in [-0.2, -0.15) is 5.10 Å². The minimum atomic E-state index is -0.679. The van der Waals surface area contributed by atoms with Crippen molar-refractivity contribution in [3.05, 3.63) is 66.0 Å². The van der Waals surface area contributed by atoms with E-state index in [2.05, 4.69) is 15.4 Å². The van der Waals surface area contributed by atoms with Gasteiger partial charge in [-0.05, 0) is 57.5 Å². The number of ether oxygens (including phenoxy) is 1. The van der Waals surface area contributed by atoms with E-state index >= 15 is 0 Å². The first kappa shape index (κ1) is 21.3. The van der Waals surface area contributed by atoms with Crippen LogP contribution in [0.4, 0.5) is 10.6 Å². The zero-order valence-corrected chi connectivity index (χ0v) is 18.7. The van der Waals surface area contributed by atoms with Crippen molar-refractivity contribution in [2.45, 2.75) is 33.3 Å². The lowest BCUT2D eigenvalue weighted by Gasteiger charge is -2.21. The maximum Gasteiger partial charge on any atom is 0.420 e. The quantitative estimate of drug-likeness (QED) is 0.504. The van der Waals surface area contributed by atoms with Gasteiger partial charge in [0.25, 0.3) is 5.91 Å². The Balaban J connectivity index is 1.83. The molecular weight excluding hydrogens is 406 g/mol. The van der Waals surface area contributed by atoms with Crippen LogP contribution in [-0.4, -0.2) is 36.9 Å². The van der Waals surface area contributed by atoms with Crippen LogP contribution in [0.2, 0.25) is 0 Å². The highest BCUT2D eigenvalue weighted by atomic mass is 16.6. The number of rotatable bonds is 3. The summed E-state index contributed by atoms with van der Waals surface area (Å²) >= 11 is 0. The highest BCUT2D eigenvalue weighted by Gasteiger charge is 2.24. The Bertz CT molecular complexity index is 1330. The molecule has 0 aliphatic rings. The van der Waals surface area contributed by atoms with E-state index in [4.69, 9.17) is 4.74 Å². The normalized spacial score (nSPS) is 11.5. The lowest BCUT2D eigenvalue weighted by atomic mass is 10.1. The predicted octanol–water partition coefficient (Wildman–Crippen LogP) is 4.78. The number of amides is 1. The highest BCUT2D eigenvalue weighted by molar-refractivity contribution is 6.03. The van der Waals surface area contributed by atoms with Crippen LogP contribution in [0.15, 0.2) is 54.7 Å². The molecule has 1 aromatic carbocycles. The molecule has 8 nitrogen and oxygen atoms in total. The first-order valence-electron chi connectivity index (χ1n) is 10.3. The fourth-order valence-corrected chi connectivity index (χ4v) is 3.47. The maximum absolute atomic E-state index is 13.2. The number of hydrogen-bond acceptors (Lipinski definition) is 5. The van der Waals surface area contributed by atoms with Crippen LogP contribution < -0.4 is 5.32 Å². The van der Waals surface area contributed by atoms with Crippen LogP contribution in [0, 0.1) is 6.92 Å². The first-order valence-corrected chi connectivity index (χ1v) is 10.3. The van der Waals surface area contributed by atoms with Gasteiger partial charge in [-0.15, -0.1) is 0 Å². The summed E-state index contributed by atoms with van der Waals surface area (Å²) in [5, 5.41) is 7.55. The van der Waals surface area contributed by atoms with Crippen molar-refractivity contribution in [2.75, 3.05) is 5.32 Å². The van der Waals surface area contributed by atoms with E-state index in [1.54, 1.807) is 25.4 Å². The molecule has 8 heteroatoms. The molecule has 0 fully saturated rings. The molecule has 3 aromatic heterocycles. The van der Waals surface area contributed by atoms with Gasteiger partial charge in [-0.3, -0.25) is 9.48 Å². The smallest absolute Gasteiger partial charge is 0.420 e. The topological polar surface area (TPSA) is 91.0 Å². The molecule has 0 saturated carbocycles. The number of nitrogens with one attached hydrogen (secondary N) is 1. The average molecular weight is 431 g/mol. The summed E-state index contributed by atoms with van der Waals surface area (Å²) in [4.78, 5) is 30.4. The van der Waals surface area contributed by atoms with E-state index < -0.39 is 11.7 Å². The van der Waals surface area contributed by atoms with Crippen LogP contribution in [0.3, 0.4) is 0 Å². The van der Waals surface area contributed by atoms with Crippen LogP contribution >= 0.6 is 0 Å². The molecule has 4 rings (SSSR count). The van der Waals surface area contributed by atoms with Crippen molar-refractivity contribution in [1.82, 2.24) is 19.3 Å². The van der Waals surface area contributed by atoms with E-state index in [0.717, 1.165) is 16.5 Å². The van der Waals surface area contributed by atoms with Crippen LogP contribution in [0.25, 0.3) is 22.3 Å². The summed E-state index contributed by atoms with van der Waals surface area (Å²) < 4.78 is 8.61. The van der Waals surface area contributed by atoms with Crippen molar-refractivity contribution in [1.29, 1.82) is 0 Å². The van der Waals surface area contributed by atoms with Gasteiger partial charge < -0.3 is 10.1 Å². The molecule has 0 aliphatic heterocycles. The largest absolute Gasteiger partial charge is 0.443 e. The summed E-state index contributed by atoms with van der Waals surface area (Å²) in [5.74, 6) is -0.0192.